The molecule has 0 saturated carbocycles. The molecule has 1 saturated heterocycles. The average molecular weight is 482 g/mol. The Labute approximate surface area is 196 Å². The van der Waals surface area contributed by atoms with Crippen LogP contribution in [0.1, 0.15) is 32.3 Å². The highest BCUT2D eigenvalue weighted by Gasteiger charge is 2.30. The molecule has 2 aromatic heterocycles. The normalized spacial score (nSPS) is 17.0. The summed E-state index contributed by atoms with van der Waals surface area (Å²) < 4.78 is 23.1. The van der Waals surface area contributed by atoms with Gasteiger partial charge in [-0.25, -0.2) is 19.7 Å². The topological polar surface area (TPSA) is 97.7 Å². The molecule has 1 atom stereocenters. The van der Waals surface area contributed by atoms with Gasteiger partial charge in [-0.15, -0.1) is 12.4 Å². The predicted molar refractivity (Wildman–Crippen MR) is 123 cm³/mol. The van der Waals surface area contributed by atoms with Gasteiger partial charge in [0.05, 0.1) is 34.4 Å². The molecule has 2 aliphatic rings. The number of likely N-dealkylation sites (tertiary alicyclic amines) is 1. The van der Waals surface area contributed by atoms with E-state index in [1.54, 1.807) is 23.4 Å². The first kappa shape index (κ1) is 24.2. The Morgan fingerprint density at radius 3 is 2.53 bits per heavy atom. The number of anilines is 2. The van der Waals surface area contributed by atoms with Gasteiger partial charge in [-0.05, 0) is 32.4 Å². The highest BCUT2D eigenvalue weighted by molar-refractivity contribution is 7.84. The molecule has 4 rings (SSSR count). The molecule has 1 fully saturated rings. The number of carbonyl (C=O) groups is 1. The molecular formula is C21H28ClN5O4S. The molecule has 11 heteroatoms. The van der Waals surface area contributed by atoms with Crippen LogP contribution in [0.2, 0.25) is 0 Å². The van der Waals surface area contributed by atoms with E-state index in [2.05, 4.69) is 19.9 Å². The van der Waals surface area contributed by atoms with Crippen molar-refractivity contribution in [1.29, 1.82) is 0 Å². The predicted octanol–water partition coefficient (Wildman–Crippen LogP) is 3.11. The number of piperidine rings is 1. The highest BCUT2D eigenvalue weighted by atomic mass is 35.5. The third-order valence-electron chi connectivity index (χ3n) is 5.37. The smallest absolute Gasteiger partial charge is 0.410 e. The van der Waals surface area contributed by atoms with Gasteiger partial charge in [0.25, 0.3) is 0 Å². The lowest BCUT2D eigenvalue weighted by Gasteiger charge is -2.32. The zero-order chi connectivity index (χ0) is 22.0. The number of aromatic nitrogens is 3. The van der Waals surface area contributed by atoms with Gasteiger partial charge in [-0.3, -0.25) is 4.21 Å². The van der Waals surface area contributed by atoms with Gasteiger partial charge >= 0.3 is 6.09 Å². The molecule has 2 aliphatic heterocycles. The van der Waals surface area contributed by atoms with Crippen molar-refractivity contribution < 1.29 is 18.5 Å². The highest BCUT2D eigenvalue weighted by Crippen LogP contribution is 2.37. The summed E-state index contributed by atoms with van der Waals surface area (Å²) in [6.07, 6.45) is 6.70. The van der Waals surface area contributed by atoms with Crippen LogP contribution in [-0.2, 0) is 22.0 Å². The van der Waals surface area contributed by atoms with Crippen molar-refractivity contribution in [2.75, 3.05) is 30.8 Å². The summed E-state index contributed by atoms with van der Waals surface area (Å²) in [4.78, 5) is 29.0. The van der Waals surface area contributed by atoms with Gasteiger partial charge in [0, 0.05) is 38.7 Å². The molecule has 32 heavy (non-hydrogen) atoms. The Morgan fingerprint density at radius 2 is 1.91 bits per heavy atom. The van der Waals surface area contributed by atoms with Crippen LogP contribution in [0.5, 0.6) is 5.88 Å². The number of nitrogens with zero attached hydrogens (tertiary/aromatic N) is 5. The molecular weight excluding hydrogens is 454 g/mol. The summed E-state index contributed by atoms with van der Waals surface area (Å²) in [6.45, 7) is 5.66. The average Bonchev–Trinajstić information content (AvgIpc) is 3.19. The molecule has 0 aromatic carbocycles. The summed E-state index contributed by atoms with van der Waals surface area (Å²) in [5.41, 5.74) is 1.88. The molecule has 0 bridgehead atoms. The second kappa shape index (κ2) is 10.4. The van der Waals surface area contributed by atoms with Gasteiger partial charge in [0.15, 0.2) is 0 Å². The van der Waals surface area contributed by atoms with Crippen LogP contribution < -0.4 is 9.64 Å². The first-order chi connectivity index (χ1) is 14.9. The largest absolute Gasteiger partial charge is 0.474 e. The van der Waals surface area contributed by atoms with Crippen LogP contribution in [0.15, 0.2) is 29.7 Å². The zero-order valence-corrected chi connectivity index (χ0v) is 20.0. The fourth-order valence-corrected chi connectivity index (χ4v) is 4.27. The van der Waals surface area contributed by atoms with E-state index in [-0.39, 0.29) is 30.7 Å². The van der Waals surface area contributed by atoms with Crippen LogP contribution in [0, 0.1) is 0 Å². The number of fused-ring (bicyclic) bond motifs is 1. The Balaban J connectivity index is 0.00000289. The van der Waals surface area contributed by atoms with Gasteiger partial charge in [-0.2, -0.15) is 0 Å². The van der Waals surface area contributed by atoms with Crippen LogP contribution >= 0.6 is 12.4 Å². The molecule has 4 heterocycles. The Bertz CT molecular complexity index is 967. The van der Waals surface area contributed by atoms with E-state index < -0.39 is 10.8 Å². The molecule has 0 spiro atoms. The number of amides is 1. The summed E-state index contributed by atoms with van der Waals surface area (Å²) >= 11 is 0. The van der Waals surface area contributed by atoms with Crippen LogP contribution in [-0.4, -0.2) is 68.3 Å². The molecule has 0 radical (unpaired) electrons. The van der Waals surface area contributed by atoms with Crippen molar-refractivity contribution in [3.63, 3.8) is 0 Å². The van der Waals surface area contributed by atoms with E-state index in [0.717, 1.165) is 42.9 Å². The van der Waals surface area contributed by atoms with E-state index >= 15 is 0 Å². The van der Waals surface area contributed by atoms with E-state index in [0.29, 0.717) is 24.0 Å². The maximum Gasteiger partial charge on any atom is 0.410 e. The molecule has 0 N–H and O–H groups in total. The van der Waals surface area contributed by atoms with Crippen molar-refractivity contribution in [1.82, 2.24) is 19.9 Å². The lowest BCUT2D eigenvalue weighted by Crippen LogP contribution is -2.42. The maximum absolute atomic E-state index is 12.1. The number of ether oxygens (including phenoxy) is 2. The van der Waals surface area contributed by atoms with Crippen molar-refractivity contribution in [3.05, 3.63) is 30.2 Å². The van der Waals surface area contributed by atoms with E-state index in [1.807, 2.05) is 19.9 Å². The first-order valence-electron chi connectivity index (χ1n) is 10.5. The second-order valence-electron chi connectivity index (χ2n) is 7.93. The number of rotatable bonds is 5. The molecule has 2 aromatic rings. The minimum absolute atomic E-state index is 0. The number of pyridine rings is 1. The number of halogens is 1. The van der Waals surface area contributed by atoms with Crippen LogP contribution in [0.3, 0.4) is 0 Å². The van der Waals surface area contributed by atoms with E-state index in [9.17, 15) is 9.00 Å². The van der Waals surface area contributed by atoms with Gasteiger partial charge in [0.2, 0.25) is 5.88 Å². The van der Waals surface area contributed by atoms with Crippen molar-refractivity contribution in [3.8, 4) is 5.88 Å². The fourth-order valence-electron chi connectivity index (χ4n) is 3.81. The lowest BCUT2D eigenvalue weighted by molar-refractivity contribution is 0.0505. The molecule has 1 amide bonds. The quantitative estimate of drug-likeness (QED) is 0.642. The Hall–Kier alpha value is -2.46. The third-order valence-corrected chi connectivity index (χ3v) is 6.20. The third kappa shape index (κ3) is 5.29. The monoisotopic (exact) mass is 481 g/mol. The standard InChI is InChI=1S/C21H27N5O4S.ClH/c1-14(2)29-21(27)25-9-6-16(7-10-25)30-20-17-8-11-26(19(17)23-13-24-20)15-4-5-18(22-12-15)31(3)28;/h4-5,12-14,16H,6-11H2,1-3H3;1H. The van der Waals surface area contributed by atoms with Gasteiger partial charge < -0.3 is 19.3 Å². The minimum Gasteiger partial charge on any atom is -0.474 e. The molecule has 0 aliphatic carbocycles. The fraction of sp³-hybridized carbons (Fsp3) is 0.524. The molecule has 9 nitrogen and oxygen atoms in total. The van der Waals surface area contributed by atoms with Gasteiger partial charge in [-0.1, -0.05) is 0 Å². The maximum atomic E-state index is 12.1. The van der Waals surface area contributed by atoms with E-state index in [1.165, 1.54) is 6.33 Å². The van der Waals surface area contributed by atoms with E-state index in [4.69, 9.17) is 9.47 Å². The summed E-state index contributed by atoms with van der Waals surface area (Å²) in [7, 11) is -1.11. The zero-order valence-electron chi connectivity index (χ0n) is 18.4. The van der Waals surface area contributed by atoms with Crippen molar-refractivity contribution in [2.24, 2.45) is 0 Å². The summed E-state index contributed by atoms with van der Waals surface area (Å²) in [5, 5.41) is 0.554. The Morgan fingerprint density at radius 1 is 1.16 bits per heavy atom. The summed E-state index contributed by atoms with van der Waals surface area (Å²) in [5.74, 6) is 1.42. The Kier molecular flexibility index (Phi) is 7.89. The molecule has 1 unspecified atom stereocenters. The van der Waals surface area contributed by atoms with Gasteiger partial charge in [0.1, 0.15) is 23.3 Å². The SMILES string of the molecule is CC(C)OC(=O)N1CCC(Oc2ncnc3c2CCN3c2ccc(S(C)=O)nc2)CC1.Cl. The second-order valence-corrected chi connectivity index (χ2v) is 9.25. The summed E-state index contributed by atoms with van der Waals surface area (Å²) in [6, 6.07) is 3.69. The first-order valence-corrected chi connectivity index (χ1v) is 12.0. The van der Waals surface area contributed by atoms with Crippen molar-refractivity contribution in [2.45, 2.75) is 50.3 Å². The molecule has 174 valence electrons. The number of hydrogen-bond acceptors (Lipinski definition) is 8. The number of hydrogen-bond donors (Lipinski definition) is 0. The lowest BCUT2D eigenvalue weighted by atomic mass is 10.1. The van der Waals surface area contributed by atoms with Crippen LogP contribution in [0.25, 0.3) is 0 Å². The minimum atomic E-state index is -1.11. The van der Waals surface area contributed by atoms with Crippen molar-refractivity contribution >= 4 is 40.8 Å². The van der Waals surface area contributed by atoms with Crippen LogP contribution in [0.4, 0.5) is 16.3 Å². The number of carbonyl (C=O) groups excluding carboxylic acids is 1.